The molecule has 1 saturated heterocycles. The Balaban J connectivity index is 1.48. The number of amides is 4. The highest BCUT2D eigenvalue weighted by atomic mass is 16.6. The number of methoxy groups -OCH3 is 1. The summed E-state index contributed by atoms with van der Waals surface area (Å²) in [5, 5.41) is 0. The van der Waals surface area contributed by atoms with Gasteiger partial charge in [0, 0.05) is 37.8 Å². The van der Waals surface area contributed by atoms with E-state index in [1.165, 1.54) is 21.8 Å². The van der Waals surface area contributed by atoms with Crippen LogP contribution in [0.5, 0.6) is 5.75 Å². The Hall–Kier alpha value is -4.40. The van der Waals surface area contributed by atoms with Crippen LogP contribution in [-0.4, -0.2) is 53.5 Å². The van der Waals surface area contributed by atoms with Crippen molar-refractivity contribution in [1.82, 2.24) is 14.8 Å². The zero-order valence-corrected chi connectivity index (χ0v) is 20.1. The molecule has 1 unspecified atom stereocenters. The predicted octanol–water partition coefficient (Wildman–Crippen LogP) is 3.93. The number of pyridine rings is 1. The third kappa shape index (κ3) is 3.82. The third-order valence-corrected chi connectivity index (χ3v) is 6.80. The van der Waals surface area contributed by atoms with Crippen LogP contribution in [0.4, 0.5) is 15.3 Å². The Kier molecular flexibility index (Phi) is 6.05. The second-order valence-corrected chi connectivity index (χ2v) is 8.74. The van der Waals surface area contributed by atoms with E-state index in [1.807, 2.05) is 36.4 Å². The molecule has 1 spiro atoms. The Morgan fingerprint density at radius 2 is 1.83 bits per heavy atom. The second kappa shape index (κ2) is 9.33. The summed E-state index contributed by atoms with van der Waals surface area (Å²) < 4.78 is 11.0. The average Bonchev–Trinajstić information content (AvgIpc) is 3.09. The Bertz CT molecular complexity index is 1300. The quantitative estimate of drug-likeness (QED) is 0.508. The molecule has 2 aliphatic rings. The number of anilines is 1. The highest BCUT2D eigenvalue weighted by molar-refractivity contribution is 6.09. The molecular weight excluding hydrogens is 460 g/mol. The molecule has 9 nitrogen and oxygen atoms in total. The molecule has 1 atom stereocenters. The molecule has 5 rings (SSSR count). The molecule has 184 valence electrons. The number of benzene rings is 2. The Morgan fingerprint density at radius 3 is 2.56 bits per heavy atom. The summed E-state index contributed by atoms with van der Waals surface area (Å²) in [6, 6.07) is 19.5. The van der Waals surface area contributed by atoms with Gasteiger partial charge in [0.25, 0.3) is 5.91 Å². The number of nitrogens with zero attached hydrogens (tertiary/aromatic N) is 4. The highest BCUT2D eigenvalue weighted by Crippen LogP contribution is 2.48. The van der Waals surface area contributed by atoms with E-state index in [0.717, 1.165) is 5.56 Å². The van der Waals surface area contributed by atoms with Gasteiger partial charge in [-0.15, -0.1) is 0 Å². The fraction of sp³-hybridized carbons (Fsp3) is 0.259. The maximum Gasteiger partial charge on any atom is 0.414 e. The van der Waals surface area contributed by atoms with Gasteiger partial charge < -0.3 is 14.4 Å². The normalized spacial score (nSPS) is 19.0. The zero-order chi connectivity index (χ0) is 25.3. The number of hydrogen-bond acceptors (Lipinski definition) is 6. The molecule has 36 heavy (non-hydrogen) atoms. The smallest absolute Gasteiger partial charge is 0.414 e. The highest BCUT2D eigenvalue weighted by Gasteiger charge is 2.59. The van der Waals surface area contributed by atoms with Gasteiger partial charge in [-0.1, -0.05) is 42.5 Å². The summed E-state index contributed by atoms with van der Waals surface area (Å²) >= 11 is 0. The van der Waals surface area contributed by atoms with Crippen LogP contribution in [0.2, 0.25) is 0 Å². The van der Waals surface area contributed by atoms with Crippen molar-refractivity contribution >= 4 is 23.7 Å². The fourth-order valence-electron chi connectivity index (χ4n) is 4.89. The minimum atomic E-state index is -1.25. The number of likely N-dealkylation sites (N-methyl/N-ethyl adjacent to an activating group) is 1. The summed E-state index contributed by atoms with van der Waals surface area (Å²) in [6.45, 7) is 0.378. The van der Waals surface area contributed by atoms with Gasteiger partial charge in [-0.2, -0.15) is 0 Å². The largest absolute Gasteiger partial charge is 0.497 e. The van der Waals surface area contributed by atoms with Crippen molar-refractivity contribution in [3.05, 3.63) is 89.7 Å². The predicted molar refractivity (Wildman–Crippen MR) is 131 cm³/mol. The molecule has 0 bridgehead atoms. The van der Waals surface area contributed by atoms with E-state index in [2.05, 4.69) is 4.98 Å². The maximum atomic E-state index is 13.9. The van der Waals surface area contributed by atoms with E-state index in [1.54, 1.807) is 43.6 Å². The number of rotatable bonds is 5. The molecule has 0 saturated carbocycles. The van der Waals surface area contributed by atoms with Crippen LogP contribution in [-0.2, 0) is 28.2 Å². The number of carbonyl (C=O) groups is 3. The standard InChI is InChI=1S/C27H26N4O5/c1-29-25(33)31(17-20-10-6-7-14-28-20)24(32)27(29)13-15-30(23-16-21(35-2)11-12-22(23)27)26(34)36-18-19-8-4-3-5-9-19/h3-12,14,16H,13,15,17-18H2,1-2H3. The topological polar surface area (TPSA) is 92.3 Å². The number of ether oxygens (including phenoxy) is 2. The molecule has 3 aromatic rings. The van der Waals surface area contributed by atoms with E-state index in [4.69, 9.17) is 9.47 Å². The Morgan fingerprint density at radius 1 is 1.06 bits per heavy atom. The monoisotopic (exact) mass is 486 g/mol. The van der Waals surface area contributed by atoms with Crippen LogP contribution >= 0.6 is 0 Å². The van der Waals surface area contributed by atoms with Crippen molar-refractivity contribution in [3.8, 4) is 5.75 Å². The van der Waals surface area contributed by atoms with E-state index in [0.29, 0.717) is 22.7 Å². The molecule has 1 aromatic heterocycles. The van der Waals surface area contributed by atoms with Crippen molar-refractivity contribution in [1.29, 1.82) is 0 Å². The molecule has 3 heterocycles. The van der Waals surface area contributed by atoms with Crippen LogP contribution in [0, 0.1) is 0 Å². The lowest BCUT2D eigenvalue weighted by atomic mass is 9.80. The van der Waals surface area contributed by atoms with Crippen LogP contribution in [0.3, 0.4) is 0 Å². The van der Waals surface area contributed by atoms with Crippen LogP contribution in [0.25, 0.3) is 0 Å². The summed E-state index contributed by atoms with van der Waals surface area (Å²) in [5.74, 6) is 0.181. The lowest BCUT2D eigenvalue weighted by Gasteiger charge is -2.42. The van der Waals surface area contributed by atoms with Gasteiger partial charge in [0.2, 0.25) is 0 Å². The molecule has 4 amide bonds. The van der Waals surface area contributed by atoms with Crippen molar-refractivity contribution < 1.29 is 23.9 Å². The van der Waals surface area contributed by atoms with Gasteiger partial charge in [-0.3, -0.25) is 19.6 Å². The van der Waals surface area contributed by atoms with Crippen molar-refractivity contribution in [2.24, 2.45) is 0 Å². The van der Waals surface area contributed by atoms with Crippen LogP contribution < -0.4 is 9.64 Å². The number of hydrogen-bond donors (Lipinski definition) is 0. The minimum absolute atomic E-state index is 0.0684. The van der Waals surface area contributed by atoms with Gasteiger partial charge in [-0.25, -0.2) is 9.59 Å². The molecule has 0 N–H and O–H groups in total. The average molecular weight is 487 g/mol. The number of urea groups is 1. The SMILES string of the molecule is COc1ccc2c(c1)N(C(=O)OCc1ccccc1)CCC21C(=O)N(Cc2ccccn2)C(=O)N1C. The van der Waals surface area contributed by atoms with E-state index < -0.39 is 17.7 Å². The maximum absolute atomic E-state index is 13.9. The van der Waals surface area contributed by atoms with Gasteiger partial charge in [0.15, 0.2) is 5.54 Å². The first-order valence-electron chi connectivity index (χ1n) is 11.6. The first kappa shape index (κ1) is 23.3. The van der Waals surface area contributed by atoms with Crippen LogP contribution in [0.1, 0.15) is 23.2 Å². The minimum Gasteiger partial charge on any atom is -0.497 e. The number of aromatic nitrogens is 1. The first-order valence-corrected chi connectivity index (χ1v) is 11.6. The molecule has 0 aliphatic carbocycles. The number of carbonyl (C=O) groups excluding carboxylic acids is 3. The first-order chi connectivity index (χ1) is 17.5. The van der Waals surface area contributed by atoms with Gasteiger partial charge in [-0.05, 0) is 23.8 Å². The fourth-order valence-corrected chi connectivity index (χ4v) is 4.89. The van der Waals surface area contributed by atoms with Crippen molar-refractivity contribution in [2.45, 2.75) is 25.1 Å². The van der Waals surface area contributed by atoms with Crippen molar-refractivity contribution in [3.63, 3.8) is 0 Å². The zero-order valence-electron chi connectivity index (χ0n) is 20.1. The molecule has 1 fully saturated rings. The molecular formula is C27H26N4O5. The van der Waals surface area contributed by atoms with Crippen LogP contribution in [0.15, 0.2) is 72.9 Å². The number of imide groups is 1. The Labute approximate surface area is 208 Å². The van der Waals surface area contributed by atoms with Gasteiger partial charge in [0.05, 0.1) is 25.0 Å². The van der Waals surface area contributed by atoms with Crippen molar-refractivity contribution in [2.75, 3.05) is 25.6 Å². The van der Waals surface area contributed by atoms with Gasteiger partial charge >= 0.3 is 12.1 Å². The number of fused-ring (bicyclic) bond motifs is 2. The summed E-state index contributed by atoms with van der Waals surface area (Å²) in [5.41, 5.74) is 1.26. The lowest BCUT2D eigenvalue weighted by Crippen LogP contribution is -2.52. The summed E-state index contributed by atoms with van der Waals surface area (Å²) in [7, 11) is 3.15. The summed E-state index contributed by atoms with van der Waals surface area (Å²) in [4.78, 5) is 48.8. The summed E-state index contributed by atoms with van der Waals surface area (Å²) in [6.07, 6.45) is 1.32. The second-order valence-electron chi connectivity index (χ2n) is 8.74. The molecule has 2 aliphatic heterocycles. The van der Waals surface area contributed by atoms with E-state index in [9.17, 15) is 14.4 Å². The third-order valence-electron chi connectivity index (χ3n) is 6.80. The molecule has 0 radical (unpaired) electrons. The van der Waals surface area contributed by atoms with E-state index >= 15 is 0 Å². The molecule has 2 aromatic carbocycles. The molecule has 9 heteroatoms. The van der Waals surface area contributed by atoms with E-state index in [-0.39, 0.29) is 32.0 Å². The van der Waals surface area contributed by atoms with Gasteiger partial charge in [0.1, 0.15) is 12.4 Å². The lowest BCUT2D eigenvalue weighted by molar-refractivity contribution is -0.134.